The SMILES string of the molecule is CC(C)Cc1cccc(F)c1C#N. The summed E-state index contributed by atoms with van der Waals surface area (Å²) in [5.74, 6) is 0.0227. The molecule has 0 unspecified atom stereocenters. The highest BCUT2D eigenvalue weighted by atomic mass is 19.1. The molecule has 0 atom stereocenters. The van der Waals surface area contributed by atoms with Crippen molar-refractivity contribution in [3.8, 4) is 6.07 Å². The summed E-state index contributed by atoms with van der Waals surface area (Å²) in [6.45, 7) is 4.10. The van der Waals surface area contributed by atoms with Crippen LogP contribution in [0.2, 0.25) is 0 Å². The van der Waals surface area contributed by atoms with Gasteiger partial charge in [-0.2, -0.15) is 5.26 Å². The average Bonchev–Trinajstić information content (AvgIpc) is 2.03. The predicted molar refractivity (Wildman–Crippen MR) is 49.7 cm³/mol. The summed E-state index contributed by atoms with van der Waals surface area (Å²) < 4.78 is 13.1. The van der Waals surface area contributed by atoms with E-state index in [0.29, 0.717) is 5.92 Å². The molecule has 13 heavy (non-hydrogen) atoms. The van der Waals surface area contributed by atoms with Crippen LogP contribution < -0.4 is 0 Å². The van der Waals surface area contributed by atoms with Crippen molar-refractivity contribution in [3.63, 3.8) is 0 Å². The molecule has 0 amide bonds. The molecule has 0 saturated heterocycles. The lowest BCUT2D eigenvalue weighted by molar-refractivity contribution is 0.608. The highest BCUT2D eigenvalue weighted by Crippen LogP contribution is 2.15. The lowest BCUT2D eigenvalue weighted by Crippen LogP contribution is -1.99. The smallest absolute Gasteiger partial charge is 0.141 e. The summed E-state index contributed by atoms with van der Waals surface area (Å²) in [5, 5.41) is 8.72. The molecule has 0 aromatic heterocycles. The molecule has 68 valence electrons. The Balaban J connectivity index is 3.07. The Bertz CT molecular complexity index is 336. The van der Waals surface area contributed by atoms with Gasteiger partial charge in [0.05, 0.1) is 5.56 Å². The lowest BCUT2D eigenvalue weighted by atomic mass is 9.98. The zero-order valence-electron chi connectivity index (χ0n) is 7.84. The van der Waals surface area contributed by atoms with Crippen molar-refractivity contribution < 1.29 is 4.39 Å². The van der Waals surface area contributed by atoms with Crippen LogP contribution in [0, 0.1) is 23.1 Å². The molecule has 0 heterocycles. The van der Waals surface area contributed by atoms with E-state index in [1.54, 1.807) is 6.07 Å². The van der Waals surface area contributed by atoms with Crippen molar-refractivity contribution in [2.75, 3.05) is 0 Å². The molecule has 2 heteroatoms. The summed E-state index contributed by atoms with van der Waals surface area (Å²) in [7, 11) is 0. The monoisotopic (exact) mass is 177 g/mol. The lowest BCUT2D eigenvalue weighted by Gasteiger charge is -2.06. The zero-order chi connectivity index (χ0) is 9.84. The molecule has 0 aliphatic heterocycles. The van der Waals surface area contributed by atoms with Crippen molar-refractivity contribution in [3.05, 3.63) is 35.1 Å². The summed E-state index contributed by atoms with van der Waals surface area (Å²) in [4.78, 5) is 0. The number of halogens is 1. The number of nitrogens with zero attached hydrogens (tertiary/aromatic N) is 1. The maximum atomic E-state index is 13.1. The minimum absolute atomic E-state index is 0.191. The molecule has 0 saturated carbocycles. The predicted octanol–water partition coefficient (Wildman–Crippen LogP) is 2.90. The maximum Gasteiger partial charge on any atom is 0.141 e. The van der Waals surface area contributed by atoms with E-state index in [9.17, 15) is 4.39 Å². The summed E-state index contributed by atoms with van der Waals surface area (Å²) in [6, 6.07) is 6.67. The number of benzene rings is 1. The number of hydrogen-bond donors (Lipinski definition) is 0. The fraction of sp³-hybridized carbons (Fsp3) is 0.364. The highest BCUT2D eigenvalue weighted by molar-refractivity contribution is 5.38. The largest absolute Gasteiger partial charge is 0.206 e. The second-order valence-electron chi connectivity index (χ2n) is 3.48. The Morgan fingerprint density at radius 2 is 2.15 bits per heavy atom. The third kappa shape index (κ3) is 2.29. The Labute approximate surface area is 77.8 Å². The van der Waals surface area contributed by atoms with Crippen LogP contribution >= 0.6 is 0 Å². The van der Waals surface area contributed by atoms with Crippen LogP contribution in [-0.2, 0) is 6.42 Å². The first-order chi connectivity index (χ1) is 6.15. The van der Waals surface area contributed by atoms with Crippen LogP contribution in [0.25, 0.3) is 0 Å². The summed E-state index contributed by atoms with van der Waals surface area (Å²) in [5.41, 5.74) is 0.994. The molecule has 1 aromatic rings. The number of hydrogen-bond acceptors (Lipinski definition) is 1. The van der Waals surface area contributed by atoms with Crippen LogP contribution in [0.1, 0.15) is 25.0 Å². The van der Waals surface area contributed by atoms with E-state index in [-0.39, 0.29) is 5.56 Å². The van der Waals surface area contributed by atoms with Gasteiger partial charge >= 0.3 is 0 Å². The standard InChI is InChI=1S/C11H12FN/c1-8(2)6-9-4-3-5-11(12)10(9)7-13/h3-5,8H,6H2,1-2H3. The van der Waals surface area contributed by atoms with Gasteiger partial charge in [-0.3, -0.25) is 0 Å². The Kier molecular flexibility index (Phi) is 3.02. The molecule has 0 radical (unpaired) electrons. The minimum atomic E-state index is -0.416. The first kappa shape index (κ1) is 9.73. The highest BCUT2D eigenvalue weighted by Gasteiger charge is 2.08. The third-order valence-corrected chi connectivity index (χ3v) is 1.84. The van der Waals surface area contributed by atoms with Gasteiger partial charge in [-0.25, -0.2) is 4.39 Å². The second kappa shape index (κ2) is 4.04. The van der Waals surface area contributed by atoms with E-state index in [2.05, 4.69) is 0 Å². The van der Waals surface area contributed by atoms with Crippen LogP contribution in [0.5, 0.6) is 0 Å². The van der Waals surface area contributed by atoms with Crippen LogP contribution in [0.15, 0.2) is 18.2 Å². The molecule has 0 N–H and O–H groups in total. The van der Waals surface area contributed by atoms with Crippen LogP contribution in [0.4, 0.5) is 4.39 Å². The van der Waals surface area contributed by atoms with Crippen molar-refractivity contribution in [1.29, 1.82) is 5.26 Å². The molecule has 0 fully saturated rings. The van der Waals surface area contributed by atoms with E-state index in [1.807, 2.05) is 26.0 Å². The van der Waals surface area contributed by atoms with Crippen molar-refractivity contribution in [2.24, 2.45) is 5.92 Å². The molecule has 0 aliphatic carbocycles. The summed E-state index contributed by atoms with van der Waals surface area (Å²) in [6.07, 6.45) is 0.751. The first-order valence-corrected chi connectivity index (χ1v) is 4.32. The molecule has 0 aliphatic rings. The Morgan fingerprint density at radius 3 is 2.69 bits per heavy atom. The van der Waals surface area contributed by atoms with Gasteiger partial charge in [0.2, 0.25) is 0 Å². The van der Waals surface area contributed by atoms with Gasteiger partial charge < -0.3 is 0 Å². The minimum Gasteiger partial charge on any atom is -0.206 e. The van der Waals surface area contributed by atoms with E-state index in [0.717, 1.165) is 12.0 Å². The van der Waals surface area contributed by atoms with Crippen molar-refractivity contribution in [2.45, 2.75) is 20.3 Å². The van der Waals surface area contributed by atoms with E-state index in [4.69, 9.17) is 5.26 Å². The van der Waals surface area contributed by atoms with Crippen molar-refractivity contribution >= 4 is 0 Å². The van der Waals surface area contributed by atoms with Gasteiger partial charge in [0.15, 0.2) is 0 Å². The third-order valence-electron chi connectivity index (χ3n) is 1.84. The molecular weight excluding hydrogens is 165 g/mol. The quantitative estimate of drug-likeness (QED) is 0.681. The van der Waals surface area contributed by atoms with E-state index in [1.165, 1.54) is 6.07 Å². The molecule has 0 bridgehead atoms. The van der Waals surface area contributed by atoms with Gasteiger partial charge in [-0.05, 0) is 24.0 Å². The molecular formula is C11H12FN. The molecule has 1 rings (SSSR count). The number of nitriles is 1. The molecule has 1 nitrogen and oxygen atoms in total. The van der Waals surface area contributed by atoms with Crippen LogP contribution in [0.3, 0.4) is 0 Å². The average molecular weight is 177 g/mol. The summed E-state index contributed by atoms with van der Waals surface area (Å²) >= 11 is 0. The topological polar surface area (TPSA) is 23.8 Å². The van der Waals surface area contributed by atoms with Crippen LogP contribution in [-0.4, -0.2) is 0 Å². The van der Waals surface area contributed by atoms with Gasteiger partial charge in [-0.1, -0.05) is 26.0 Å². The van der Waals surface area contributed by atoms with Crippen molar-refractivity contribution in [1.82, 2.24) is 0 Å². The molecule has 1 aromatic carbocycles. The van der Waals surface area contributed by atoms with Gasteiger partial charge in [0.25, 0.3) is 0 Å². The van der Waals surface area contributed by atoms with E-state index < -0.39 is 5.82 Å². The zero-order valence-corrected chi connectivity index (χ0v) is 7.84. The van der Waals surface area contributed by atoms with Gasteiger partial charge in [-0.15, -0.1) is 0 Å². The Morgan fingerprint density at radius 1 is 1.46 bits per heavy atom. The van der Waals surface area contributed by atoms with E-state index >= 15 is 0 Å². The maximum absolute atomic E-state index is 13.1. The van der Waals surface area contributed by atoms with Gasteiger partial charge in [0, 0.05) is 0 Å². The Hall–Kier alpha value is -1.36. The molecule has 0 spiro atoms. The number of rotatable bonds is 2. The van der Waals surface area contributed by atoms with Gasteiger partial charge in [0.1, 0.15) is 11.9 Å². The first-order valence-electron chi connectivity index (χ1n) is 4.32. The second-order valence-corrected chi connectivity index (χ2v) is 3.48. The normalized spacial score (nSPS) is 10.1. The fourth-order valence-corrected chi connectivity index (χ4v) is 1.30. The fourth-order valence-electron chi connectivity index (χ4n) is 1.30.